The van der Waals surface area contributed by atoms with Crippen LogP contribution < -0.4 is 4.90 Å². The molecule has 0 radical (unpaired) electrons. The minimum Gasteiger partial charge on any atom is -0.392 e. The van der Waals surface area contributed by atoms with E-state index in [9.17, 15) is 5.11 Å². The van der Waals surface area contributed by atoms with Crippen molar-refractivity contribution in [2.45, 2.75) is 6.61 Å². The first kappa shape index (κ1) is 27.6. The Kier molecular flexibility index (Phi) is 6.21. The van der Waals surface area contributed by atoms with E-state index in [-0.39, 0.29) is 6.61 Å². The number of rotatable bonds is 5. The Morgan fingerprint density at radius 3 is 1.79 bits per heavy atom. The molecule has 3 aromatic heterocycles. The van der Waals surface area contributed by atoms with Crippen LogP contribution in [0, 0.1) is 0 Å². The summed E-state index contributed by atoms with van der Waals surface area (Å²) in [4.78, 5) is 2.38. The third-order valence-electron chi connectivity index (χ3n) is 9.53. The van der Waals surface area contributed by atoms with E-state index in [1.807, 2.05) is 34.8 Å². The maximum Gasteiger partial charge on any atom is 0.0681 e. The molecule has 0 unspecified atom stereocenters. The Morgan fingerprint density at radius 2 is 1.06 bits per heavy atom. The van der Waals surface area contributed by atoms with Gasteiger partial charge < -0.3 is 14.6 Å². The summed E-state index contributed by atoms with van der Waals surface area (Å²) in [5.41, 5.74) is 7.63. The smallest absolute Gasteiger partial charge is 0.0681 e. The lowest BCUT2D eigenvalue weighted by molar-refractivity contribution is 0.282. The number of hydrogen-bond donors (Lipinski definition) is 1. The molecule has 0 aliphatic carbocycles. The van der Waals surface area contributed by atoms with Crippen LogP contribution in [0.3, 0.4) is 0 Å². The Labute approximate surface area is 284 Å². The van der Waals surface area contributed by atoms with E-state index in [0.29, 0.717) is 0 Å². The molecule has 7 aromatic carbocycles. The summed E-state index contributed by atoms with van der Waals surface area (Å²) in [5.74, 6) is 0. The van der Waals surface area contributed by atoms with Crippen molar-refractivity contribution in [3.8, 4) is 5.69 Å². The van der Waals surface area contributed by atoms with Gasteiger partial charge >= 0.3 is 0 Å². The van der Waals surface area contributed by atoms with Crippen LogP contribution in [0.1, 0.15) is 5.56 Å². The van der Waals surface area contributed by atoms with E-state index >= 15 is 0 Å². The first-order chi connectivity index (χ1) is 23.7. The van der Waals surface area contributed by atoms with Gasteiger partial charge in [-0.05, 0) is 84.4 Å². The van der Waals surface area contributed by atoms with Crippen LogP contribution >= 0.6 is 22.7 Å². The number of nitrogens with zero attached hydrogens (tertiary/aromatic N) is 2. The molecule has 0 amide bonds. The lowest BCUT2D eigenvalue weighted by Crippen LogP contribution is -2.10. The molecule has 0 bridgehead atoms. The molecule has 0 aliphatic heterocycles. The van der Waals surface area contributed by atoms with Gasteiger partial charge in [0.25, 0.3) is 0 Å². The van der Waals surface area contributed by atoms with Crippen LogP contribution in [0.4, 0.5) is 17.1 Å². The molecule has 5 heteroatoms. The number of para-hydroxylation sites is 1. The number of thiophene rings is 2. The molecule has 1 N–H and O–H groups in total. The van der Waals surface area contributed by atoms with Crippen LogP contribution in [0.15, 0.2) is 152 Å². The maximum absolute atomic E-state index is 9.86. The van der Waals surface area contributed by atoms with Crippen molar-refractivity contribution in [2.24, 2.45) is 0 Å². The first-order valence-electron chi connectivity index (χ1n) is 16.1. The van der Waals surface area contributed by atoms with E-state index in [1.54, 1.807) is 0 Å². The maximum atomic E-state index is 9.86. The Hall–Kier alpha value is -5.46. The van der Waals surface area contributed by atoms with Gasteiger partial charge in [-0.25, -0.2) is 0 Å². The average Bonchev–Trinajstić information content (AvgIpc) is 3.81. The largest absolute Gasteiger partial charge is 0.392 e. The molecular weight excluding hydrogens is 625 g/mol. The fourth-order valence-electron chi connectivity index (χ4n) is 7.35. The third-order valence-corrected chi connectivity index (χ3v) is 11.8. The standard InChI is InChI=1S/C43H28N2OS2/c46-26-27-16-18-28(19-17-27)44(29-20-22-41-34(24-29)31-8-2-5-14-39(31)47-41)37-12-7-13-38-43(37)33-10-1-4-11-36(33)45(38)30-21-23-42-35(25-30)32-9-3-6-15-40(32)48-42/h1-25,46H,26H2. The molecular formula is C43H28N2OS2. The van der Waals surface area contributed by atoms with Gasteiger partial charge in [-0.15, -0.1) is 22.7 Å². The molecule has 0 saturated carbocycles. The molecule has 0 spiro atoms. The fraction of sp³-hybridized carbons (Fsp3) is 0.0233. The van der Waals surface area contributed by atoms with E-state index in [0.717, 1.165) is 33.8 Å². The minimum absolute atomic E-state index is 0.0139. The van der Waals surface area contributed by atoms with Crippen LogP contribution in [-0.4, -0.2) is 9.67 Å². The number of benzene rings is 7. The zero-order valence-electron chi connectivity index (χ0n) is 25.8. The topological polar surface area (TPSA) is 28.4 Å². The Balaban J connectivity index is 1.26. The molecule has 10 rings (SSSR count). The molecule has 0 aliphatic rings. The van der Waals surface area contributed by atoms with Gasteiger partial charge in [0.05, 0.1) is 23.3 Å². The van der Waals surface area contributed by atoms with Gasteiger partial charge in [-0.3, -0.25) is 0 Å². The number of aromatic nitrogens is 1. The van der Waals surface area contributed by atoms with E-state index in [2.05, 4.69) is 149 Å². The van der Waals surface area contributed by atoms with Crippen molar-refractivity contribution >= 4 is 102 Å². The lowest BCUT2D eigenvalue weighted by atomic mass is 10.1. The molecule has 0 atom stereocenters. The quantitative estimate of drug-likeness (QED) is 0.200. The average molecular weight is 653 g/mol. The number of hydrogen-bond acceptors (Lipinski definition) is 4. The Morgan fingerprint density at radius 1 is 0.479 bits per heavy atom. The van der Waals surface area contributed by atoms with Crippen molar-refractivity contribution < 1.29 is 5.11 Å². The highest BCUT2D eigenvalue weighted by atomic mass is 32.1. The summed E-state index contributed by atoms with van der Waals surface area (Å²) in [6, 6.07) is 54.8. The summed E-state index contributed by atoms with van der Waals surface area (Å²) in [6.07, 6.45) is 0. The second-order valence-electron chi connectivity index (χ2n) is 12.2. The summed E-state index contributed by atoms with van der Waals surface area (Å²) < 4.78 is 7.61. The lowest BCUT2D eigenvalue weighted by Gasteiger charge is -2.27. The number of aliphatic hydroxyl groups is 1. The second-order valence-corrected chi connectivity index (χ2v) is 14.4. The van der Waals surface area contributed by atoms with Gasteiger partial charge in [0.15, 0.2) is 0 Å². The summed E-state index contributed by atoms with van der Waals surface area (Å²) in [7, 11) is 0. The highest BCUT2D eigenvalue weighted by molar-refractivity contribution is 7.26. The van der Waals surface area contributed by atoms with Crippen molar-refractivity contribution in [3.05, 3.63) is 157 Å². The van der Waals surface area contributed by atoms with E-state index < -0.39 is 0 Å². The van der Waals surface area contributed by atoms with Gasteiger partial charge in [0.2, 0.25) is 0 Å². The number of anilines is 3. The SMILES string of the molecule is OCc1ccc(N(c2ccc3sc4ccccc4c3c2)c2cccc3c2c2ccccc2n3-c2ccc3sc4ccccc4c3c2)cc1. The van der Waals surface area contributed by atoms with Crippen LogP contribution in [0.25, 0.3) is 67.8 Å². The van der Waals surface area contributed by atoms with Crippen LogP contribution in [0.5, 0.6) is 0 Å². The third kappa shape index (κ3) is 4.15. The monoisotopic (exact) mass is 652 g/mol. The van der Waals surface area contributed by atoms with Crippen molar-refractivity contribution in [3.63, 3.8) is 0 Å². The predicted molar refractivity (Wildman–Crippen MR) is 207 cm³/mol. The number of fused-ring (bicyclic) bond motifs is 9. The van der Waals surface area contributed by atoms with Gasteiger partial charge in [0.1, 0.15) is 0 Å². The molecule has 0 saturated heterocycles. The van der Waals surface area contributed by atoms with Crippen molar-refractivity contribution in [1.29, 1.82) is 0 Å². The molecule has 10 aromatic rings. The highest BCUT2D eigenvalue weighted by Gasteiger charge is 2.22. The molecule has 0 fully saturated rings. The first-order valence-corrected chi connectivity index (χ1v) is 17.7. The normalized spacial score (nSPS) is 11.9. The molecule has 3 heterocycles. The van der Waals surface area contributed by atoms with E-state index in [1.165, 1.54) is 56.6 Å². The molecule has 228 valence electrons. The van der Waals surface area contributed by atoms with Crippen molar-refractivity contribution in [2.75, 3.05) is 4.90 Å². The predicted octanol–water partition coefficient (Wildman–Crippen LogP) is 12.5. The van der Waals surface area contributed by atoms with Crippen LogP contribution in [0.2, 0.25) is 0 Å². The molecule has 3 nitrogen and oxygen atoms in total. The van der Waals surface area contributed by atoms with Crippen molar-refractivity contribution in [1.82, 2.24) is 4.57 Å². The van der Waals surface area contributed by atoms with E-state index in [4.69, 9.17) is 0 Å². The van der Waals surface area contributed by atoms with Gasteiger partial charge in [-0.1, -0.05) is 72.8 Å². The zero-order chi connectivity index (χ0) is 31.8. The summed E-state index contributed by atoms with van der Waals surface area (Å²) >= 11 is 3.69. The van der Waals surface area contributed by atoms with Crippen LogP contribution in [-0.2, 0) is 6.61 Å². The van der Waals surface area contributed by atoms with Gasteiger partial charge in [-0.2, -0.15) is 0 Å². The number of aliphatic hydroxyl groups excluding tert-OH is 1. The summed E-state index contributed by atoms with van der Waals surface area (Å²) in [5, 5.41) is 17.4. The highest BCUT2D eigenvalue weighted by Crippen LogP contribution is 2.46. The van der Waals surface area contributed by atoms with Gasteiger partial charge in [0, 0.05) is 68.2 Å². The Bertz CT molecular complexity index is 2840. The molecule has 48 heavy (non-hydrogen) atoms. The fourth-order valence-corrected chi connectivity index (χ4v) is 9.52. The summed E-state index contributed by atoms with van der Waals surface area (Å²) in [6.45, 7) is 0.0139. The minimum atomic E-state index is 0.0139. The second kappa shape index (κ2) is 10.8. The zero-order valence-corrected chi connectivity index (χ0v) is 27.4.